The Hall–Kier alpha value is -2.62. The predicted octanol–water partition coefficient (Wildman–Crippen LogP) is 4.23. The van der Waals surface area contributed by atoms with Gasteiger partial charge in [0.1, 0.15) is 6.61 Å². The lowest BCUT2D eigenvalue weighted by Crippen LogP contribution is -2.34. The predicted molar refractivity (Wildman–Crippen MR) is 97.8 cm³/mol. The van der Waals surface area contributed by atoms with Crippen LogP contribution in [0.1, 0.15) is 42.7 Å². The summed E-state index contributed by atoms with van der Waals surface area (Å²) >= 11 is 0. The van der Waals surface area contributed by atoms with Gasteiger partial charge in [-0.05, 0) is 35.1 Å². The van der Waals surface area contributed by atoms with Crippen molar-refractivity contribution in [3.05, 3.63) is 59.7 Å². The molecule has 4 rings (SSSR count). The Morgan fingerprint density at radius 1 is 0.885 bits per heavy atom. The number of esters is 1. The zero-order valence-corrected chi connectivity index (χ0v) is 14.6. The van der Waals surface area contributed by atoms with Gasteiger partial charge in [0, 0.05) is 5.92 Å². The van der Waals surface area contributed by atoms with Crippen LogP contribution >= 0.6 is 0 Å². The summed E-state index contributed by atoms with van der Waals surface area (Å²) in [6.07, 6.45) is 2.92. The second kappa shape index (κ2) is 6.94. The lowest BCUT2D eigenvalue weighted by atomic mass is 9.79. The molecule has 2 aliphatic rings. The highest BCUT2D eigenvalue weighted by Crippen LogP contribution is 2.44. The first-order chi connectivity index (χ1) is 12.7. The summed E-state index contributed by atoms with van der Waals surface area (Å²) < 4.78 is 5.66. The van der Waals surface area contributed by atoms with Gasteiger partial charge in [0.15, 0.2) is 0 Å². The van der Waals surface area contributed by atoms with Crippen molar-refractivity contribution in [2.75, 3.05) is 6.61 Å². The van der Waals surface area contributed by atoms with Crippen molar-refractivity contribution >= 4 is 11.9 Å². The summed E-state index contributed by atoms with van der Waals surface area (Å²) in [5, 5.41) is 9.39. The molecule has 2 aromatic carbocycles. The molecule has 0 saturated heterocycles. The summed E-state index contributed by atoms with van der Waals surface area (Å²) in [7, 11) is 0. The van der Waals surface area contributed by atoms with Crippen LogP contribution in [0, 0.1) is 11.8 Å². The van der Waals surface area contributed by atoms with Gasteiger partial charge in [-0.1, -0.05) is 61.4 Å². The Bertz CT molecular complexity index is 796. The highest BCUT2D eigenvalue weighted by molar-refractivity contribution is 5.82. The van der Waals surface area contributed by atoms with E-state index in [9.17, 15) is 14.7 Å². The third kappa shape index (κ3) is 2.90. The van der Waals surface area contributed by atoms with Crippen LogP contribution in [0.4, 0.5) is 0 Å². The minimum Gasteiger partial charge on any atom is -0.481 e. The first kappa shape index (κ1) is 16.8. The number of rotatable bonds is 4. The lowest BCUT2D eigenvalue weighted by molar-refractivity contribution is -0.159. The fourth-order valence-electron chi connectivity index (χ4n) is 4.42. The van der Waals surface area contributed by atoms with Crippen molar-refractivity contribution in [3.63, 3.8) is 0 Å². The number of ether oxygens (including phenoxy) is 1. The smallest absolute Gasteiger partial charge is 0.309 e. The van der Waals surface area contributed by atoms with Crippen molar-refractivity contribution in [1.82, 2.24) is 0 Å². The molecule has 0 amide bonds. The first-order valence-corrected chi connectivity index (χ1v) is 9.24. The van der Waals surface area contributed by atoms with Crippen molar-refractivity contribution < 1.29 is 19.4 Å². The zero-order valence-electron chi connectivity index (χ0n) is 14.6. The normalized spacial score (nSPS) is 21.7. The van der Waals surface area contributed by atoms with E-state index in [0.29, 0.717) is 12.8 Å². The minimum absolute atomic E-state index is 0.0122. The van der Waals surface area contributed by atoms with Gasteiger partial charge in [-0.2, -0.15) is 0 Å². The van der Waals surface area contributed by atoms with Crippen LogP contribution in [0.2, 0.25) is 0 Å². The third-order valence-corrected chi connectivity index (χ3v) is 5.74. The maximum absolute atomic E-state index is 12.6. The SMILES string of the molecule is O=C(O)C1CCCCC1C(=O)OCC1c2ccccc2-c2ccccc21. The Kier molecular flexibility index (Phi) is 4.49. The van der Waals surface area contributed by atoms with Crippen molar-refractivity contribution in [2.24, 2.45) is 11.8 Å². The van der Waals surface area contributed by atoms with Crippen LogP contribution in [0.5, 0.6) is 0 Å². The number of carboxylic acid groups (broad SMARTS) is 1. The van der Waals surface area contributed by atoms with Crippen molar-refractivity contribution in [2.45, 2.75) is 31.6 Å². The molecule has 0 aromatic heterocycles. The molecule has 0 heterocycles. The molecule has 0 bridgehead atoms. The molecule has 134 valence electrons. The molecular weight excluding hydrogens is 328 g/mol. The number of carbonyl (C=O) groups is 2. The van der Waals surface area contributed by atoms with Gasteiger partial charge in [0.25, 0.3) is 0 Å². The van der Waals surface area contributed by atoms with E-state index in [1.807, 2.05) is 24.3 Å². The molecule has 1 N–H and O–H groups in total. The second-order valence-corrected chi connectivity index (χ2v) is 7.19. The first-order valence-electron chi connectivity index (χ1n) is 9.24. The molecule has 26 heavy (non-hydrogen) atoms. The number of hydrogen-bond acceptors (Lipinski definition) is 3. The number of hydrogen-bond donors (Lipinski definition) is 1. The molecule has 0 aliphatic heterocycles. The number of benzene rings is 2. The molecule has 1 saturated carbocycles. The summed E-state index contributed by atoms with van der Waals surface area (Å²) in [6, 6.07) is 16.4. The second-order valence-electron chi connectivity index (χ2n) is 7.19. The van der Waals surface area contributed by atoms with Crippen LogP contribution in [0.3, 0.4) is 0 Å². The van der Waals surface area contributed by atoms with E-state index in [1.54, 1.807) is 0 Å². The van der Waals surface area contributed by atoms with E-state index < -0.39 is 17.8 Å². The molecule has 2 aliphatic carbocycles. The maximum atomic E-state index is 12.6. The summed E-state index contributed by atoms with van der Waals surface area (Å²) in [5.74, 6) is -2.37. The van der Waals surface area contributed by atoms with Gasteiger partial charge < -0.3 is 9.84 Å². The Labute approximate surface area is 152 Å². The molecule has 2 atom stereocenters. The van der Waals surface area contributed by atoms with Crippen LogP contribution in [0.25, 0.3) is 11.1 Å². The Morgan fingerprint density at radius 3 is 2.00 bits per heavy atom. The third-order valence-electron chi connectivity index (χ3n) is 5.74. The molecule has 2 aromatic rings. The van der Waals surface area contributed by atoms with Gasteiger partial charge in [-0.3, -0.25) is 9.59 Å². The molecule has 2 unspecified atom stereocenters. The minimum atomic E-state index is -0.886. The highest BCUT2D eigenvalue weighted by Gasteiger charge is 2.37. The summed E-state index contributed by atoms with van der Waals surface area (Å²) in [5.41, 5.74) is 4.70. The molecule has 0 radical (unpaired) electrons. The van der Waals surface area contributed by atoms with Crippen LogP contribution in [-0.2, 0) is 14.3 Å². The number of carbonyl (C=O) groups excluding carboxylic acids is 1. The molecule has 4 heteroatoms. The van der Waals surface area contributed by atoms with Crippen molar-refractivity contribution in [1.29, 1.82) is 0 Å². The topological polar surface area (TPSA) is 63.6 Å². The monoisotopic (exact) mass is 350 g/mol. The van der Waals surface area contributed by atoms with E-state index in [0.717, 1.165) is 12.8 Å². The van der Waals surface area contributed by atoms with Gasteiger partial charge in [0.2, 0.25) is 0 Å². The number of carboxylic acids is 1. The van der Waals surface area contributed by atoms with E-state index in [2.05, 4.69) is 24.3 Å². The largest absolute Gasteiger partial charge is 0.481 e. The molecular formula is C22H22O4. The van der Waals surface area contributed by atoms with E-state index in [4.69, 9.17) is 4.74 Å². The highest BCUT2D eigenvalue weighted by atomic mass is 16.5. The quantitative estimate of drug-likeness (QED) is 0.838. The average Bonchev–Trinajstić information content (AvgIpc) is 3.00. The zero-order chi connectivity index (χ0) is 18.1. The van der Waals surface area contributed by atoms with Crippen LogP contribution < -0.4 is 0 Å². The van der Waals surface area contributed by atoms with Crippen molar-refractivity contribution in [3.8, 4) is 11.1 Å². The summed E-state index contributed by atoms with van der Waals surface area (Å²) in [4.78, 5) is 24.1. The fourth-order valence-corrected chi connectivity index (χ4v) is 4.42. The number of aliphatic carboxylic acids is 1. The lowest BCUT2D eigenvalue weighted by Gasteiger charge is -2.27. The van der Waals surface area contributed by atoms with E-state index in [1.165, 1.54) is 22.3 Å². The van der Waals surface area contributed by atoms with Gasteiger partial charge in [-0.15, -0.1) is 0 Å². The fraction of sp³-hybridized carbons (Fsp3) is 0.364. The Morgan fingerprint density at radius 2 is 1.42 bits per heavy atom. The van der Waals surface area contributed by atoms with Gasteiger partial charge in [0.05, 0.1) is 11.8 Å². The van der Waals surface area contributed by atoms with Crippen LogP contribution in [0.15, 0.2) is 48.5 Å². The Balaban J connectivity index is 1.53. The maximum Gasteiger partial charge on any atom is 0.309 e. The van der Waals surface area contributed by atoms with Gasteiger partial charge in [-0.25, -0.2) is 0 Å². The average molecular weight is 350 g/mol. The number of fused-ring (bicyclic) bond motifs is 3. The standard InChI is InChI=1S/C22H22O4/c23-21(24)18-11-5-6-12-19(18)22(25)26-13-20-16-9-3-1-7-14(16)15-8-2-4-10-17(15)20/h1-4,7-10,18-20H,5-6,11-13H2,(H,23,24). The van der Waals surface area contributed by atoms with Crippen LogP contribution in [-0.4, -0.2) is 23.7 Å². The molecule has 1 fully saturated rings. The summed E-state index contributed by atoms with van der Waals surface area (Å²) in [6.45, 7) is 0.260. The molecule has 0 spiro atoms. The van der Waals surface area contributed by atoms with Gasteiger partial charge >= 0.3 is 11.9 Å². The van der Waals surface area contributed by atoms with E-state index >= 15 is 0 Å². The molecule has 4 nitrogen and oxygen atoms in total. The van der Waals surface area contributed by atoms with E-state index in [-0.39, 0.29) is 18.5 Å².